The first-order valence-corrected chi connectivity index (χ1v) is 10.4. The third kappa shape index (κ3) is 6.88. The summed E-state index contributed by atoms with van der Waals surface area (Å²) < 4.78 is 31.1. The van der Waals surface area contributed by atoms with E-state index in [1.807, 2.05) is 43.3 Å². The number of amides is 1. The van der Waals surface area contributed by atoms with Gasteiger partial charge in [-0.3, -0.25) is 9.59 Å². The molecule has 0 aliphatic carbocycles. The molecule has 0 spiro atoms. The monoisotopic (exact) mass is 419 g/mol. The van der Waals surface area contributed by atoms with Crippen molar-refractivity contribution in [2.24, 2.45) is 0 Å². The molecule has 0 saturated heterocycles. The third-order valence-electron chi connectivity index (χ3n) is 4.11. The number of nitrogens with one attached hydrogen (secondary N) is 1. The van der Waals surface area contributed by atoms with Crippen molar-refractivity contribution in [2.75, 3.05) is 39.2 Å². The Morgan fingerprint density at radius 3 is 2.17 bits per heavy atom. The minimum Gasteiger partial charge on any atom is -0.455 e. The molecule has 29 heavy (non-hydrogen) atoms. The van der Waals surface area contributed by atoms with Crippen LogP contribution in [0.3, 0.4) is 0 Å². The maximum absolute atomic E-state index is 12.2. The fourth-order valence-corrected chi connectivity index (χ4v) is 3.39. The number of sulfonamides is 1. The summed E-state index contributed by atoms with van der Waals surface area (Å²) >= 11 is 0. The fourth-order valence-electron chi connectivity index (χ4n) is 2.40. The highest BCUT2D eigenvalue weighted by Crippen LogP contribution is 2.13. The Morgan fingerprint density at radius 2 is 1.59 bits per heavy atom. The summed E-state index contributed by atoms with van der Waals surface area (Å²) in [7, 11) is 1.68. The molecule has 0 bridgehead atoms. The van der Waals surface area contributed by atoms with E-state index in [2.05, 4.69) is 4.72 Å². The summed E-state index contributed by atoms with van der Waals surface area (Å²) in [6.07, 6.45) is 0. The summed E-state index contributed by atoms with van der Waals surface area (Å²) in [6, 6.07) is 15.4. The molecule has 0 aromatic heterocycles. The van der Waals surface area contributed by atoms with Crippen molar-refractivity contribution in [2.45, 2.75) is 11.4 Å². The normalized spacial score (nSPS) is 11.0. The first-order valence-electron chi connectivity index (χ1n) is 8.89. The first-order chi connectivity index (χ1) is 13.7. The van der Waals surface area contributed by atoms with E-state index in [0.717, 1.165) is 11.3 Å². The average Bonchev–Trinajstić information content (AvgIpc) is 2.71. The van der Waals surface area contributed by atoms with Gasteiger partial charge in [0.1, 0.15) is 6.54 Å². The van der Waals surface area contributed by atoms with Crippen LogP contribution in [0.4, 0.5) is 5.69 Å². The largest absolute Gasteiger partial charge is 0.455 e. The Labute approximate surface area is 171 Å². The van der Waals surface area contributed by atoms with Crippen molar-refractivity contribution in [1.82, 2.24) is 9.62 Å². The zero-order valence-corrected chi connectivity index (χ0v) is 17.5. The van der Waals surface area contributed by atoms with E-state index in [9.17, 15) is 18.0 Å². The number of hydrogen-bond donors (Lipinski definition) is 1. The van der Waals surface area contributed by atoms with Crippen molar-refractivity contribution in [3.63, 3.8) is 0 Å². The molecular formula is C20H25N3O5S. The lowest BCUT2D eigenvalue weighted by atomic mass is 10.2. The van der Waals surface area contributed by atoms with Crippen molar-refractivity contribution >= 4 is 27.6 Å². The van der Waals surface area contributed by atoms with Crippen molar-refractivity contribution in [1.29, 1.82) is 0 Å². The average molecular weight is 420 g/mol. The smallest absolute Gasteiger partial charge is 0.321 e. The zero-order chi connectivity index (χ0) is 21.4. The highest BCUT2D eigenvalue weighted by molar-refractivity contribution is 7.89. The van der Waals surface area contributed by atoms with Crippen LogP contribution in [0.25, 0.3) is 0 Å². The molecule has 8 nitrogen and oxygen atoms in total. The SMILES string of the molecule is CN(Cc1ccc(N(C)C)cc1)C(=O)COC(=O)CNS(=O)(=O)c1ccccc1. The zero-order valence-electron chi connectivity index (χ0n) is 16.7. The van der Waals surface area contributed by atoms with E-state index >= 15 is 0 Å². The lowest BCUT2D eigenvalue weighted by Crippen LogP contribution is -2.34. The van der Waals surface area contributed by atoms with Crippen LogP contribution < -0.4 is 9.62 Å². The fraction of sp³-hybridized carbons (Fsp3) is 0.300. The number of anilines is 1. The molecule has 156 valence electrons. The van der Waals surface area contributed by atoms with Gasteiger partial charge < -0.3 is 14.5 Å². The van der Waals surface area contributed by atoms with Gasteiger partial charge in [-0.1, -0.05) is 30.3 Å². The number of likely N-dealkylation sites (N-methyl/N-ethyl adjacent to an activating group) is 1. The Kier molecular flexibility index (Phi) is 7.74. The van der Waals surface area contributed by atoms with Gasteiger partial charge in [0, 0.05) is 33.4 Å². The standard InChI is InChI=1S/C20H25N3O5S/c1-22(2)17-11-9-16(10-12-17)14-23(3)19(24)15-28-20(25)13-21-29(26,27)18-7-5-4-6-8-18/h4-12,21H,13-15H2,1-3H3. The summed E-state index contributed by atoms with van der Waals surface area (Å²) in [6.45, 7) is -0.650. The molecule has 0 saturated carbocycles. The van der Waals surface area contributed by atoms with Crippen molar-refractivity contribution in [3.05, 3.63) is 60.2 Å². The lowest BCUT2D eigenvalue weighted by Gasteiger charge is -2.18. The summed E-state index contributed by atoms with van der Waals surface area (Å²) in [5.74, 6) is -1.22. The molecule has 0 radical (unpaired) electrons. The molecule has 2 aromatic rings. The molecular weight excluding hydrogens is 394 g/mol. The van der Waals surface area contributed by atoms with E-state index in [0.29, 0.717) is 6.54 Å². The molecule has 9 heteroatoms. The van der Waals surface area contributed by atoms with Gasteiger partial charge in [-0.25, -0.2) is 8.42 Å². The van der Waals surface area contributed by atoms with Gasteiger partial charge in [0.15, 0.2) is 6.61 Å². The summed E-state index contributed by atoms with van der Waals surface area (Å²) in [4.78, 5) is 27.4. The van der Waals surface area contributed by atoms with Gasteiger partial charge in [0.25, 0.3) is 5.91 Å². The second-order valence-electron chi connectivity index (χ2n) is 6.61. The van der Waals surface area contributed by atoms with Gasteiger partial charge in [0.2, 0.25) is 10.0 Å². The molecule has 0 unspecified atom stereocenters. The number of hydrogen-bond acceptors (Lipinski definition) is 6. The second kappa shape index (κ2) is 10.0. The number of ether oxygens (including phenoxy) is 1. The van der Waals surface area contributed by atoms with Crippen LogP contribution in [-0.4, -0.2) is 59.5 Å². The molecule has 0 heterocycles. The molecule has 0 aliphatic heterocycles. The van der Waals surface area contributed by atoms with E-state index in [4.69, 9.17) is 4.74 Å². The highest BCUT2D eigenvalue weighted by Gasteiger charge is 2.17. The maximum Gasteiger partial charge on any atom is 0.321 e. The molecule has 0 atom stereocenters. The van der Waals surface area contributed by atoms with Gasteiger partial charge >= 0.3 is 5.97 Å². The topological polar surface area (TPSA) is 96.0 Å². The number of esters is 1. The minimum absolute atomic E-state index is 0.0453. The van der Waals surface area contributed by atoms with Gasteiger partial charge in [0.05, 0.1) is 4.90 Å². The summed E-state index contributed by atoms with van der Waals surface area (Å²) in [5, 5.41) is 0. The van der Waals surface area contributed by atoms with Gasteiger partial charge in [-0.2, -0.15) is 4.72 Å². The Morgan fingerprint density at radius 1 is 0.966 bits per heavy atom. The number of carbonyl (C=O) groups is 2. The molecule has 2 aromatic carbocycles. The predicted octanol–water partition coefficient (Wildman–Crippen LogP) is 1.23. The van der Waals surface area contributed by atoms with Gasteiger partial charge in [-0.15, -0.1) is 0 Å². The quantitative estimate of drug-likeness (QED) is 0.615. The lowest BCUT2D eigenvalue weighted by molar-refractivity contribution is -0.150. The molecule has 2 rings (SSSR count). The molecule has 1 N–H and O–H groups in total. The number of rotatable bonds is 9. The Balaban J connectivity index is 1.78. The van der Waals surface area contributed by atoms with E-state index < -0.39 is 29.1 Å². The van der Waals surface area contributed by atoms with Gasteiger partial charge in [-0.05, 0) is 29.8 Å². The maximum atomic E-state index is 12.2. The van der Waals surface area contributed by atoms with E-state index in [1.165, 1.54) is 17.0 Å². The molecule has 0 aliphatic rings. The number of carbonyl (C=O) groups excluding carboxylic acids is 2. The minimum atomic E-state index is -3.81. The van der Waals surface area contributed by atoms with Crippen LogP contribution in [-0.2, 0) is 30.9 Å². The Bertz CT molecular complexity index is 928. The van der Waals surface area contributed by atoms with Crippen LogP contribution in [0.1, 0.15) is 5.56 Å². The number of benzene rings is 2. The second-order valence-corrected chi connectivity index (χ2v) is 8.38. The van der Waals surface area contributed by atoms with Crippen molar-refractivity contribution < 1.29 is 22.7 Å². The molecule has 0 fully saturated rings. The van der Waals surface area contributed by atoms with Crippen LogP contribution in [0, 0.1) is 0 Å². The van der Waals surface area contributed by atoms with Crippen LogP contribution in [0.15, 0.2) is 59.5 Å². The van der Waals surface area contributed by atoms with Crippen molar-refractivity contribution in [3.8, 4) is 0 Å². The first kappa shape index (κ1) is 22.4. The van der Waals surface area contributed by atoms with Crippen LogP contribution in [0.2, 0.25) is 0 Å². The van der Waals surface area contributed by atoms with Crippen LogP contribution >= 0.6 is 0 Å². The van der Waals surface area contributed by atoms with Crippen LogP contribution in [0.5, 0.6) is 0 Å². The highest BCUT2D eigenvalue weighted by atomic mass is 32.2. The molecule has 1 amide bonds. The van der Waals surface area contributed by atoms with E-state index in [1.54, 1.807) is 25.2 Å². The third-order valence-corrected chi connectivity index (χ3v) is 5.53. The van der Waals surface area contributed by atoms with E-state index in [-0.39, 0.29) is 10.8 Å². The predicted molar refractivity (Wildman–Crippen MR) is 110 cm³/mol. The summed E-state index contributed by atoms with van der Waals surface area (Å²) in [5.41, 5.74) is 1.99. The number of nitrogens with zero attached hydrogens (tertiary/aromatic N) is 2. The Hall–Kier alpha value is -2.91.